The summed E-state index contributed by atoms with van der Waals surface area (Å²) in [7, 11) is 0. The van der Waals surface area contributed by atoms with Crippen molar-refractivity contribution >= 4 is 5.78 Å². The molecule has 0 saturated carbocycles. The number of Topliss-reactive ketones (excluding diaryl/α,β-unsaturated/α-hetero) is 1. The Balaban J connectivity index is 2.25. The minimum Gasteiger partial charge on any atom is -0.381 e. The first-order valence-corrected chi connectivity index (χ1v) is 4.36. The van der Waals surface area contributed by atoms with Crippen LogP contribution in [0.1, 0.15) is 32.6 Å². The summed E-state index contributed by atoms with van der Waals surface area (Å²) in [6, 6.07) is 0. The predicted octanol–water partition coefficient (Wildman–Crippen LogP) is 1.78. The highest BCUT2D eigenvalue weighted by Gasteiger charge is 2.13. The normalized spacial score (nSPS) is 26.1. The van der Waals surface area contributed by atoms with Gasteiger partial charge in [-0.3, -0.25) is 0 Å². The lowest BCUT2D eigenvalue weighted by Gasteiger charge is -2.10. The van der Waals surface area contributed by atoms with Crippen molar-refractivity contribution in [3.05, 3.63) is 0 Å². The number of rotatable bonds is 2. The first-order valence-electron chi connectivity index (χ1n) is 4.36. The van der Waals surface area contributed by atoms with E-state index in [1.807, 2.05) is 0 Å². The quantitative estimate of drug-likeness (QED) is 0.609. The van der Waals surface area contributed by atoms with Gasteiger partial charge in [0.05, 0.1) is 0 Å². The average molecular weight is 156 g/mol. The number of carbonyl (C=O) groups excluding carboxylic acids is 1. The van der Waals surface area contributed by atoms with Crippen LogP contribution >= 0.6 is 0 Å². The highest BCUT2D eigenvalue weighted by Crippen LogP contribution is 2.17. The van der Waals surface area contributed by atoms with E-state index in [4.69, 9.17) is 4.74 Å². The Morgan fingerprint density at radius 2 is 2.36 bits per heavy atom. The van der Waals surface area contributed by atoms with Crippen molar-refractivity contribution in [2.45, 2.75) is 32.6 Å². The summed E-state index contributed by atoms with van der Waals surface area (Å²) in [5.41, 5.74) is 0. The van der Waals surface area contributed by atoms with Crippen LogP contribution in [-0.4, -0.2) is 19.0 Å². The molecular formula is C9H16O2. The van der Waals surface area contributed by atoms with Gasteiger partial charge in [0.25, 0.3) is 0 Å². The monoisotopic (exact) mass is 156 g/mol. The third-order valence-corrected chi connectivity index (χ3v) is 2.08. The van der Waals surface area contributed by atoms with E-state index in [2.05, 4.69) is 0 Å². The molecule has 1 unspecified atom stereocenters. The molecule has 0 aliphatic carbocycles. The van der Waals surface area contributed by atoms with Crippen LogP contribution in [0.25, 0.3) is 0 Å². The molecule has 0 spiro atoms. The predicted molar refractivity (Wildman–Crippen MR) is 43.5 cm³/mol. The van der Waals surface area contributed by atoms with Gasteiger partial charge in [-0.2, -0.15) is 0 Å². The van der Waals surface area contributed by atoms with Crippen LogP contribution in [0, 0.1) is 5.92 Å². The Bertz CT molecular complexity index is 124. The first kappa shape index (κ1) is 8.72. The Morgan fingerprint density at radius 3 is 3.09 bits per heavy atom. The summed E-state index contributed by atoms with van der Waals surface area (Å²) in [5, 5.41) is 0. The highest BCUT2D eigenvalue weighted by molar-refractivity contribution is 5.75. The van der Waals surface area contributed by atoms with Gasteiger partial charge in [-0.25, -0.2) is 0 Å². The van der Waals surface area contributed by atoms with Gasteiger partial charge in [-0.05, 0) is 25.7 Å². The Labute approximate surface area is 67.9 Å². The molecular weight excluding hydrogens is 140 g/mol. The molecule has 0 N–H and O–H groups in total. The van der Waals surface area contributed by atoms with E-state index in [9.17, 15) is 4.79 Å². The highest BCUT2D eigenvalue weighted by atomic mass is 16.5. The first-order chi connectivity index (χ1) is 5.29. The van der Waals surface area contributed by atoms with E-state index < -0.39 is 0 Å². The molecule has 1 fully saturated rings. The Kier molecular flexibility index (Phi) is 3.57. The molecule has 0 bridgehead atoms. The van der Waals surface area contributed by atoms with Gasteiger partial charge < -0.3 is 9.53 Å². The fourth-order valence-corrected chi connectivity index (χ4v) is 1.54. The summed E-state index contributed by atoms with van der Waals surface area (Å²) in [5.74, 6) is 0.788. The molecule has 0 aromatic carbocycles. The van der Waals surface area contributed by atoms with E-state index in [0.717, 1.165) is 19.6 Å². The molecule has 1 heterocycles. The second kappa shape index (κ2) is 4.50. The van der Waals surface area contributed by atoms with E-state index in [-0.39, 0.29) is 0 Å². The van der Waals surface area contributed by atoms with Gasteiger partial charge in [-0.1, -0.05) is 6.42 Å². The number of hydrogen-bond acceptors (Lipinski definition) is 2. The molecule has 0 amide bonds. The molecule has 64 valence electrons. The fraction of sp³-hybridized carbons (Fsp3) is 0.889. The molecule has 2 heteroatoms. The van der Waals surface area contributed by atoms with Crippen LogP contribution in [0.15, 0.2) is 0 Å². The molecule has 1 aliphatic rings. The lowest BCUT2D eigenvalue weighted by atomic mass is 9.98. The van der Waals surface area contributed by atoms with E-state index in [0.29, 0.717) is 18.1 Å². The van der Waals surface area contributed by atoms with Gasteiger partial charge in [0.2, 0.25) is 0 Å². The summed E-state index contributed by atoms with van der Waals surface area (Å²) in [6.45, 7) is 3.33. The smallest absolute Gasteiger partial charge is 0.130 e. The maximum absolute atomic E-state index is 10.8. The average Bonchev–Trinajstić information content (AvgIpc) is 2.14. The van der Waals surface area contributed by atoms with Crippen molar-refractivity contribution in [2.75, 3.05) is 13.2 Å². The molecule has 2 nitrogen and oxygen atoms in total. The Hall–Kier alpha value is -0.370. The topological polar surface area (TPSA) is 26.3 Å². The molecule has 1 aliphatic heterocycles. The van der Waals surface area contributed by atoms with E-state index >= 15 is 0 Å². The number of ketones is 1. The van der Waals surface area contributed by atoms with Crippen molar-refractivity contribution in [3.8, 4) is 0 Å². The minimum absolute atomic E-state index is 0.292. The van der Waals surface area contributed by atoms with Crippen molar-refractivity contribution in [1.29, 1.82) is 0 Å². The number of hydrogen-bond donors (Lipinski definition) is 0. The maximum Gasteiger partial charge on any atom is 0.130 e. The van der Waals surface area contributed by atoms with Crippen LogP contribution in [-0.2, 0) is 9.53 Å². The minimum atomic E-state index is 0.292. The second-order valence-electron chi connectivity index (χ2n) is 3.34. The lowest BCUT2D eigenvalue weighted by Crippen LogP contribution is -2.10. The van der Waals surface area contributed by atoms with Crippen molar-refractivity contribution in [2.24, 2.45) is 5.92 Å². The lowest BCUT2D eigenvalue weighted by molar-refractivity contribution is -0.118. The summed E-state index contributed by atoms with van der Waals surface area (Å²) >= 11 is 0. The van der Waals surface area contributed by atoms with Crippen molar-refractivity contribution < 1.29 is 9.53 Å². The van der Waals surface area contributed by atoms with Gasteiger partial charge in [0.1, 0.15) is 5.78 Å². The van der Waals surface area contributed by atoms with Gasteiger partial charge in [-0.15, -0.1) is 0 Å². The Morgan fingerprint density at radius 1 is 1.55 bits per heavy atom. The molecule has 0 radical (unpaired) electrons. The zero-order chi connectivity index (χ0) is 8.10. The standard InChI is InChI=1S/C9H16O2/c1-8(10)6-9-4-2-3-5-11-7-9/h9H,2-7H2,1H3. The zero-order valence-corrected chi connectivity index (χ0v) is 7.14. The number of ether oxygens (including phenoxy) is 1. The third kappa shape index (κ3) is 3.51. The number of carbonyl (C=O) groups is 1. The van der Waals surface area contributed by atoms with Crippen LogP contribution in [0.5, 0.6) is 0 Å². The van der Waals surface area contributed by atoms with Gasteiger partial charge >= 0.3 is 0 Å². The summed E-state index contributed by atoms with van der Waals surface area (Å²) in [4.78, 5) is 10.8. The van der Waals surface area contributed by atoms with Crippen LogP contribution in [0.2, 0.25) is 0 Å². The second-order valence-corrected chi connectivity index (χ2v) is 3.34. The molecule has 0 aromatic heterocycles. The fourth-order valence-electron chi connectivity index (χ4n) is 1.54. The van der Waals surface area contributed by atoms with Gasteiger partial charge in [0.15, 0.2) is 0 Å². The third-order valence-electron chi connectivity index (χ3n) is 2.08. The maximum atomic E-state index is 10.8. The summed E-state index contributed by atoms with van der Waals surface area (Å²) < 4.78 is 5.36. The molecule has 0 aromatic rings. The molecule has 1 saturated heterocycles. The van der Waals surface area contributed by atoms with E-state index in [1.165, 1.54) is 12.8 Å². The molecule has 1 rings (SSSR count). The molecule has 1 atom stereocenters. The van der Waals surface area contributed by atoms with Crippen LogP contribution < -0.4 is 0 Å². The van der Waals surface area contributed by atoms with Gasteiger partial charge in [0, 0.05) is 19.6 Å². The van der Waals surface area contributed by atoms with Crippen molar-refractivity contribution in [1.82, 2.24) is 0 Å². The molecule has 11 heavy (non-hydrogen) atoms. The van der Waals surface area contributed by atoms with Crippen molar-refractivity contribution in [3.63, 3.8) is 0 Å². The van der Waals surface area contributed by atoms with Crippen LogP contribution in [0.4, 0.5) is 0 Å². The van der Waals surface area contributed by atoms with E-state index in [1.54, 1.807) is 6.92 Å². The largest absolute Gasteiger partial charge is 0.381 e. The van der Waals surface area contributed by atoms with Crippen LogP contribution in [0.3, 0.4) is 0 Å². The summed E-state index contributed by atoms with van der Waals surface area (Å²) in [6.07, 6.45) is 4.26. The zero-order valence-electron chi connectivity index (χ0n) is 7.14. The SMILES string of the molecule is CC(=O)CC1CCCCOC1.